The lowest BCUT2D eigenvalue weighted by atomic mass is 9.94. The molecule has 0 saturated carbocycles. The van der Waals surface area contributed by atoms with Gasteiger partial charge in [0, 0.05) is 36.6 Å². The molecule has 178 valence electrons. The predicted octanol–water partition coefficient (Wildman–Crippen LogP) is 4.05. The number of hydrogen-bond donors (Lipinski definition) is 1. The van der Waals surface area contributed by atoms with Gasteiger partial charge in [0.1, 0.15) is 17.3 Å². The Balaban J connectivity index is 0.00000324. The molecule has 0 bridgehead atoms. The van der Waals surface area contributed by atoms with E-state index < -0.39 is 17.7 Å². The van der Waals surface area contributed by atoms with Gasteiger partial charge in [-0.05, 0) is 24.6 Å². The number of imidazole rings is 1. The molecule has 0 aliphatic carbocycles. The first-order chi connectivity index (χ1) is 16.0. The molecule has 1 aromatic heterocycles. The Morgan fingerprint density at radius 2 is 1.82 bits per heavy atom. The second kappa shape index (κ2) is 10.7. The van der Waals surface area contributed by atoms with Crippen LogP contribution in [-0.2, 0) is 16.1 Å². The fourth-order valence-electron chi connectivity index (χ4n) is 4.08. The molecule has 1 aliphatic rings. The van der Waals surface area contributed by atoms with Crippen LogP contribution in [0.5, 0.6) is 11.5 Å². The van der Waals surface area contributed by atoms with Crippen molar-refractivity contribution in [2.75, 3.05) is 20.8 Å². The third kappa shape index (κ3) is 4.66. The maximum atomic E-state index is 13.2. The lowest BCUT2D eigenvalue weighted by Crippen LogP contribution is -2.31. The lowest BCUT2D eigenvalue weighted by molar-refractivity contribution is -0.140. The van der Waals surface area contributed by atoms with Gasteiger partial charge in [-0.1, -0.05) is 37.8 Å². The maximum absolute atomic E-state index is 13.2. The number of aliphatic hydroxyl groups is 1. The number of carbonyl (C=O) groups is 2. The van der Waals surface area contributed by atoms with Crippen molar-refractivity contribution in [2.24, 2.45) is 0 Å². The summed E-state index contributed by atoms with van der Waals surface area (Å²) in [5.41, 5.74) is 1.05. The van der Waals surface area contributed by atoms with Gasteiger partial charge < -0.3 is 24.0 Å². The maximum Gasteiger partial charge on any atom is 0.295 e. The van der Waals surface area contributed by atoms with Crippen LogP contribution in [0.4, 0.5) is 0 Å². The van der Waals surface area contributed by atoms with Crippen LogP contribution in [0.15, 0.2) is 72.8 Å². The molecule has 0 spiro atoms. The predicted molar refractivity (Wildman–Crippen MR) is 129 cm³/mol. The van der Waals surface area contributed by atoms with Crippen LogP contribution < -0.4 is 9.47 Å². The third-order valence-corrected chi connectivity index (χ3v) is 5.69. The summed E-state index contributed by atoms with van der Waals surface area (Å²) >= 11 is 0. The Bertz CT molecular complexity index is 1170. The van der Waals surface area contributed by atoms with E-state index in [4.69, 9.17) is 9.47 Å². The molecule has 2 heterocycles. The molecular formula is C26H29N3O5. The van der Waals surface area contributed by atoms with Gasteiger partial charge >= 0.3 is 0 Å². The number of carbonyl (C=O) groups excluding carboxylic acids is 2. The zero-order valence-corrected chi connectivity index (χ0v) is 18.5. The van der Waals surface area contributed by atoms with Crippen LogP contribution in [0.25, 0.3) is 5.76 Å². The standard InChI is InChI=1S/C25H25N3O5.CH4/c1-32-18-9-10-20(33-2)19(15-18)22-21(23(29)17-7-4-3-5-8-17)24(30)25(31)28(22)13-6-12-27-14-11-26-16-27;/h3-5,7-11,14-16,22,29H,6,12-13H2,1-2H3;1H4. The number of hydrogen-bond acceptors (Lipinski definition) is 6. The van der Waals surface area contributed by atoms with Crippen molar-refractivity contribution < 1.29 is 24.2 Å². The van der Waals surface area contributed by atoms with Gasteiger partial charge in [-0.3, -0.25) is 9.59 Å². The van der Waals surface area contributed by atoms with Gasteiger partial charge in [-0.25, -0.2) is 4.98 Å². The number of ketones is 1. The molecule has 1 unspecified atom stereocenters. The van der Waals surface area contributed by atoms with E-state index in [9.17, 15) is 14.7 Å². The lowest BCUT2D eigenvalue weighted by Gasteiger charge is -2.27. The minimum atomic E-state index is -0.821. The molecule has 1 fully saturated rings. The first kappa shape index (κ1) is 24.6. The van der Waals surface area contributed by atoms with Crippen LogP contribution in [0.1, 0.15) is 31.0 Å². The first-order valence-corrected chi connectivity index (χ1v) is 10.6. The molecular weight excluding hydrogens is 434 g/mol. The average molecular weight is 464 g/mol. The highest BCUT2D eigenvalue weighted by Crippen LogP contribution is 2.43. The second-order valence-corrected chi connectivity index (χ2v) is 7.62. The van der Waals surface area contributed by atoms with Gasteiger partial charge in [-0.15, -0.1) is 0 Å². The minimum Gasteiger partial charge on any atom is -0.507 e. The van der Waals surface area contributed by atoms with E-state index in [0.29, 0.717) is 42.1 Å². The SMILES string of the molecule is C.COc1ccc(OC)c(C2C(=C(O)c3ccccc3)C(=O)C(=O)N2CCCn2ccnc2)c1. The largest absolute Gasteiger partial charge is 0.507 e. The number of methoxy groups -OCH3 is 2. The number of aliphatic hydroxyl groups excluding tert-OH is 1. The molecule has 1 N–H and O–H groups in total. The summed E-state index contributed by atoms with van der Waals surface area (Å²) in [5.74, 6) is -0.571. The topological polar surface area (TPSA) is 93.9 Å². The number of amides is 1. The van der Waals surface area contributed by atoms with Crippen LogP contribution in [-0.4, -0.2) is 52.0 Å². The van der Waals surface area contributed by atoms with Gasteiger partial charge in [0.2, 0.25) is 0 Å². The number of Topliss-reactive ketones (excluding diaryl/α,β-unsaturated/α-hetero) is 1. The molecule has 8 nitrogen and oxygen atoms in total. The smallest absolute Gasteiger partial charge is 0.295 e. The monoisotopic (exact) mass is 463 g/mol. The van der Waals surface area contributed by atoms with Crippen LogP contribution >= 0.6 is 0 Å². The Hall–Kier alpha value is -4.07. The number of ether oxygens (including phenoxy) is 2. The van der Waals surface area contributed by atoms with Crippen molar-refractivity contribution in [3.63, 3.8) is 0 Å². The Morgan fingerprint density at radius 1 is 1.06 bits per heavy atom. The second-order valence-electron chi connectivity index (χ2n) is 7.62. The van der Waals surface area contributed by atoms with Crippen molar-refractivity contribution in [3.05, 3.63) is 84.0 Å². The van der Waals surface area contributed by atoms with E-state index in [1.54, 1.807) is 55.0 Å². The number of likely N-dealkylation sites (tertiary alicyclic amines) is 1. The number of aryl methyl sites for hydroxylation is 1. The summed E-state index contributed by atoms with van der Waals surface area (Å²) in [7, 11) is 3.06. The summed E-state index contributed by atoms with van der Waals surface area (Å²) in [4.78, 5) is 31.8. The number of benzene rings is 2. The summed E-state index contributed by atoms with van der Waals surface area (Å²) in [6.07, 6.45) is 5.82. The molecule has 1 aliphatic heterocycles. The molecule has 34 heavy (non-hydrogen) atoms. The van der Waals surface area contributed by atoms with Crippen molar-refractivity contribution >= 4 is 17.4 Å². The van der Waals surface area contributed by atoms with Crippen LogP contribution in [0.3, 0.4) is 0 Å². The third-order valence-electron chi connectivity index (χ3n) is 5.69. The highest BCUT2D eigenvalue weighted by molar-refractivity contribution is 6.46. The van der Waals surface area contributed by atoms with Crippen molar-refractivity contribution in [1.29, 1.82) is 0 Å². The quantitative estimate of drug-likeness (QED) is 0.308. The number of nitrogens with zero attached hydrogens (tertiary/aromatic N) is 3. The molecule has 1 saturated heterocycles. The number of rotatable bonds is 8. The zero-order chi connectivity index (χ0) is 23.4. The average Bonchev–Trinajstić information content (AvgIpc) is 3.46. The van der Waals surface area contributed by atoms with Crippen molar-refractivity contribution in [3.8, 4) is 11.5 Å². The van der Waals surface area contributed by atoms with Crippen LogP contribution in [0.2, 0.25) is 0 Å². The molecule has 3 aromatic rings. The first-order valence-electron chi connectivity index (χ1n) is 10.6. The summed E-state index contributed by atoms with van der Waals surface area (Å²) in [6, 6.07) is 13.1. The summed E-state index contributed by atoms with van der Waals surface area (Å²) in [6.45, 7) is 0.934. The molecule has 0 radical (unpaired) electrons. The van der Waals surface area contributed by atoms with E-state index >= 15 is 0 Å². The fraction of sp³-hybridized carbons (Fsp3) is 0.269. The van der Waals surface area contributed by atoms with E-state index in [1.807, 2.05) is 16.8 Å². The Morgan fingerprint density at radius 3 is 2.47 bits per heavy atom. The molecule has 2 aromatic carbocycles. The molecule has 8 heteroatoms. The van der Waals surface area contributed by atoms with Gasteiger partial charge in [-0.2, -0.15) is 0 Å². The van der Waals surface area contributed by atoms with Gasteiger partial charge in [0.25, 0.3) is 11.7 Å². The molecule has 4 rings (SSSR count). The van der Waals surface area contributed by atoms with E-state index in [1.165, 1.54) is 19.1 Å². The van der Waals surface area contributed by atoms with Gasteiger partial charge in [0.05, 0.1) is 32.2 Å². The molecule has 1 amide bonds. The summed E-state index contributed by atoms with van der Waals surface area (Å²) < 4.78 is 12.8. The van der Waals surface area contributed by atoms with Gasteiger partial charge in [0.15, 0.2) is 0 Å². The van der Waals surface area contributed by atoms with E-state index in [0.717, 1.165) is 0 Å². The molecule has 1 atom stereocenters. The van der Waals surface area contributed by atoms with E-state index in [2.05, 4.69) is 4.98 Å². The Kier molecular flexibility index (Phi) is 7.73. The zero-order valence-electron chi connectivity index (χ0n) is 18.5. The highest BCUT2D eigenvalue weighted by Gasteiger charge is 2.47. The van der Waals surface area contributed by atoms with Crippen molar-refractivity contribution in [1.82, 2.24) is 14.5 Å². The normalized spacial score (nSPS) is 16.9. The van der Waals surface area contributed by atoms with Crippen molar-refractivity contribution in [2.45, 2.75) is 26.4 Å². The number of aromatic nitrogens is 2. The summed E-state index contributed by atoms with van der Waals surface area (Å²) in [5, 5.41) is 11.1. The van der Waals surface area contributed by atoms with Crippen LogP contribution in [0, 0.1) is 0 Å². The Labute approximate surface area is 199 Å². The fourth-order valence-corrected chi connectivity index (χ4v) is 4.08. The minimum absolute atomic E-state index is 0. The van der Waals surface area contributed by atoms with E-state index in [-0.39, 0.29) is 18.8 Å². The highest BCUT2D eigenvalue weighted by atomic mass is 16.5.